The first-order valence-corrected chi connectivity index (χ1v) is 6.50. The molecule has 1 saturated carbocycles. The van der Waals surface area contributed by atoms with Gasteiger partial charge in [-0.25, -0.2) is 4.79 Å². The summed E-state index contributed by atoms with van der Waals surface area (Å²) in [7, 11) is 0. The maximum Gasteiger partial charge on any atom is 0.359 e. The van der Waals surface area contributed by atoms with Crippen LogP contribution in [0.2, 0.25) is 0 Å². The van der Waals surface area contributed by atoms with Crippen LogP contribution in [0.15, 0.2) is 0 Å². The minimum atomic E-state index is -0.318. The van der Waals surface area contributed by atoms with Crippen molar-refractivity contribution in [3.8, 4) is 12.3 Å². The summed E-state index contributed by atoms with van der Waals surface area (Å²) in [4.78, 5) is 12.1. The van der Waals surface area contributed by atoms with Crippen LogP contribution in [0.5, 0.6) is 0 Å². The molecule has 1 atom stereocenters. The molecule has 1 aromatic heterocycles. The number of hydrogen-bond acceptors (Lipinski definition) is 3. The summed E-state index contributed by atoms with van der Waals surface area (Å²) < 4.78 is 5.52. The van der Waals surface area contributed by atoms with Crippen molar-refractivity contribution in [2.75, 3.05) is 0 Å². The standard InChI is InChI=1S/C14H16N2O2/c1-2-4-12(9-7-8-9)18-14(17)13-10-5-3-6-11(10)15-16-13/h1,9,12H,3-8H2,(H,15,16). The Morgan fingerprint density at radius 2 is 2.39 bits per heavy atom. The molecule has 1 unspecified atom stereocenters. The number of aromatic nitrogens is 2. The molecular formula is C14H16N2O2. The van der Waals surface area contributed by atoms with Crippen molar-refractivity contribution in [2.45, 2.75) is 44.6 Å². The fourth-order valence-electron chi connectivity index (χ4n) is 2.57. The van der Waals surface area contributed by atoms with E-state index in [-0.39, 0.29) is 12.1 Å². The predicted molar refractivity (Wildman–Crippen MR) is 66.0 cm³/mol. The Hall–Kier alpha value is -1.76. The normalized spacial score (nSPS) is 19.1. The van der Waals surface area contributed by atoms with Crippen molar-refractivity contribution in [1.82, 2.24) is 10.2 Å². The maximum absolute atomic E-state index is 12.1. The van der Waals surface area contributed by atoms with E-state index in [2.05, 4.69) is 16.1 Å². The zero-order valence-electron chi connectivity index (χ0n) is 10.2. The van der Waals surface area contributed by atoms with Gasteiger partial charge in [0.25, 0.3) is 0 Å². The molecule has 4 heteroatoms. The van der Waals surface area contributed by atoms with Crippen molar-refractivity contribution < 1.29 is 9.53 Å². The molecule has 0 aromatic carbocycles. The van der Waals surface area contributed by atoms with Gasteiger partial charge in [-0.1, -0.05) is 0 Å². The first-order valence-electron chi connectivity index (χ1n) is 6.50. The van der Waals surface area contributed by atoms with E-state index in [1.807, 2.05) is 0 Å². The van der Waals surface area contributed by atoms with E-state index in [1.54, 1.807) is 0 Å². The van der Waals surface area contributed by atoms with Crippen LogP contribution in [0.3, 0.4) is 0 Å². The smallest absolute Gasteiger partial charge is 0.359 e. The van der Waals surface area contributed by atoms with Gasteiger partial charge in [0.05, 0.1) is 0 Å². The molecule has 0 bridgehead atoms. The fraction of sp³-hybridized carbons (Fsp3) is 0.571. The summed E-state index contributed by atoms with van der Waals surface area (Å²) >= 11 is 0. The van der Waals surface area contributed by atoms with Crippen LogP contribution in [-0.2, 0) is 17.6 Å². The Bertz CT molecular complexity index is 508. The van der Waals surface area contributed by atoms with Crippen LogP contribution in [0.1, 0.15) is 47.4 Å². The molecular weight excluding hydrogens is 228 g/mol. The lowest BCUT2D eigenvalue weighted by molar-refractivity contribution is 0.0253. The number of carbonyl (C=O) groups excluding carboxylic acids is 1. The fourth-order valence-corrected chi connectivity index (χ4v) is 2.57. The van der Waals surface area contributed by atoms with Gasteiger partial charge in [0, 0.05) is 17.7 Å². The van der Waals surface area contributed by atoms with E-state index in [1.165, 1.54) is 0 Å². The quantitative estimate of drug-likeness (QED) is 0.649. The van der Waals surface area contributed by atoms with Crippen LogP contribution in [0.4, 0.5) is 0 Å². The largest absolute Gasteiger partial charge is 0.456 e. The topological polar surface area (TPSA) is 55.0 Å². The average molecular weight is 244 g/mol. The molecule has 2 aliphatic rings. The number of carbonyl (C=O) groups is 1. The lowest BCUT2D eigenvalue weighted by Crippen LogP contribution is -2.21. The van der Waals surface area contributed by atoms with Gasteiger partial charge >= 0.3 is 5.97 Å². The summed E-state index contributed by atoms with van der Waals surface area (Å²) in [5, 5.41) is 7.01. The third kappa shape index (κ3) is 2.01. The molecule has 0 aliphatic heterocycles. The summed E-state index contributed by atoms with van der Waals surface area (Å²) in [6, 6.07) is 0. The van der Waals surface area contributed by atoms with Crippen LogP contribution in [0.25, 0.3) is 0 Å². The van der Waals surface area contributed by atoms with Gasteiger partial charge in [-0.05, 0) is 38.0 Å². The van der Waals surface area contributed by atoms with Gasteiger partial charge in [-0.3, -0.25) is 5.10 Å². The van der Waals surface area contributed by atoms with E-state index in [9.17, 15) is 4.79 Å². The maximum atomic E-state index is 12.1. The van der Waals surface area contributed by atoms with E-state index >= 15 is 0 Å². The van der Waals surface area contributed by atoms with Crippen molar-refractivity contribution >= 4 is 5.97 Å². The number of ether oxygens (including phenoxy) is 1. The van der Waals surface area contributed by atoms with Gasteiger partial charge in [0.15, 0.2) is 5.69 Å². The van der Waals surface area contributed by atoms with Crippen molar-refractivity contribution in [2.24, 2.45) is 5.92 Å². The van der Waals surface area contributed by atoms with E-state index in [0.717, 1.165) is 43.4 Å². The molecule has 2 aliphatic carbocycles. The highest BCUT2D eigenvalue weighted by molar-refractivity contribution is 5.89. The second-order valence-corrected chi connectivity index (χ2v) is 5.07. The highest BCUT2D eigenvalue weighted by Crippen LogP contribution is 2.36. The molecule has 18 heavy (non-hydrogen) atoms. The number of nitrogens with zero attached hydrogens (tertiary/aromatic N) is 1. The van der Waals surface area contributed by atoms with E-state index in [0.29, 0.717) is 18.0 Å². The van der Waals surface area contributed by atoms with Gasteiger partial charge in [-0.2, -0.15) is 5.10 Å². The number of terminal acetylenes is 1. The molecule has 1 fully saturated rings. The summed E-state index contributed by atoms with van der Waals surface area (Å²) in [5.41, 5.74) is 2.59. The Labute approximate surface area is 106 Å². The Morgan fingerprint density at radius 1 is 1.56 bits per heavy atom. The van der Waals surface area contributed by atoms with Crippen LogP contribution in [0, 0.1) is 18.3 Å². The molecule has 0 radical (unpaired) electrons. The number of aryl methyl sites for hydroxylation is 1. The number of fused-ring (bicyclic) bond motifs is 1. The Kier molecular flexibility index (Phi) is 2.83. The number of H-pyrrole nitrogens is 1. The second-order valence-electron chi connectivity index (χ2n) is 5.07. The monoisotopic (exact) mass is 244 g/mol. The molecule has 3 rings (SSSR count). The highest BCUT2D eigenvalue weighted by Gasteiger charge is 2.35. The van der Waals surface area contributed by atoms with Gasteiger partial charge in [0.2, 0.25) is 0 Å². The third-order valence-electron chi connectivity index (χ3n) is 3.72. The van der Waals surface area contributed by atoms with E-state index in [4.69, 9.17) is 11.2 Å². The lowest BCUT2D eigenvalue weighted by atomic mass is 10.1. The number of hydrogen-bond donors (Lipinski definition) is 1. The Morgan fingerprint density at radius 3 is 3.11 bits per heavy atom. The molecule has 4 nitrogen and oxygen atoms in total. The molecule has 1 heterocycles. The van der Waals surface area contributed by atoms with Gasteiger partial charge in [0.1, 0.15) is 6.10 Å². The summed E-state index contributed by atoms with van der Waals surface area (Å²) in [6.07, 6.45) is 10.9. The van der Waals surface area contributed by atoms with Gasteiger partial charge < -0.3 is 4.74 Å². The highest BCUT2D eigenvalue weighted by atomic mass is 16.5. The average Bonchev–Trinajstić information content (AvgIpc) is 2.95. The number of nitrogens with one attached hydrogen (secondary N) is 1. The second kappa shape index (κ2) is 4.49. The van der Waals surface area contributed by atoms with Crippen LogP contribution in [-0.4, -0.2) is 22.3 Å². The van der Waals surface area contributed by atoms with Crippen LogP contribution < -0.4 is 0 Å². The zero-order chi connectivity index (χ0) is 12.5. The van der Waals surface area contributed by atoms with Crippen molar-refractivity contribution in [1.29, 1.82) is 0 Å². The minimum Gasteiger partial charge on any atom is -0.456 e. The molecule has 0 amide bonds. The van der Waals surface area contributed by atoms with Crippen molar-refractivity contribution in [3.05, 3.63) is 17.0 Å². The molecule has 0 spiro atoms. The minimum absolute atomic E-state index is 0.128. The SMILES string of the molecule is C#CCC(OC(=O)c1n[nH]c2c1CCC2)C1CC1. The summed E-state index contributed by atoms with van der Waals surface area (Å²) in [6.45, 7) is 0. The first kappa shape index (κ1) is 11.3. The van der Waals surface area contributed by atoms with Crippen molar-refractivity contribution in [3.63, 3.8) is 0 Å². The van der Waals surface area contributed by atoms with E-state index < -0.39 is 0 Å². The lowest BCUT2D eigenvalue weighted by Gasteiger charge is -2.14. The number of rotatable bonds is 4. The summed E-state index contributed by atoms with van der Waals surface area (Å²) in [5.74, 6) is 2.72. The molecule has 0 saturated heterocycles. The zero-order valence-corrected chi connectivity index (χ0v) is 10.2. The van der Waals surface area contributed by atoms with Crippen LogP contribution >= 0.6 is 0 Å². The molecule has 94 valence electrons. The predicted octanol–water partition coefficient (Wildman–Crippen LogP) is 1.86. The molecule has 1 N–H and O–H groups in total. The number of esters is 1. The number of aromatic amines is 1. The first-order chi connectivity index (χ1) is 8.79. The van der Waals surface area contributed by atoms with Gasteiger partial charge in [-0.15, -0.1) is 12.3 Å². The third-order valence-corrected chi connectivity index (χ3v) is 3.72. The Balaban J connectivity index is 1.72. The molecule has 1 aromatic rings.